The van der Waals surface area contributed by atoms with Crippen molar-refractivity contribution < 1.29 is 9.18 Å². The predicted octanol–water partition coefficient (Wildman–Crippen LogP) is 4.85. The van der Waals surface area contributed by atoms with E-state index in [1.54, 1.807) is 12.1 Å². The number of aryl methyl sites for hydroxylation is 2. The van der Waals surface area contributed by atoms with E-state index >= 15 is 0 Å². The highest BCUT2D eigenvalue weighted by Crippen LogP contribution is 2.23. The third-order valence-corrected chi connectivity index (χ3v) is 4.25. The first-order chi connectivity index (χ1) is 10.9. The van der Waals surface area contributed by atoms with Crippen LogP contribution in [0.2, 0.25) is 0 Å². The van der Waals surface area contributed by atoms with Crippen LogP contribution in [0.5, 0.6) is 0 Å². The highest BCUT2D eigenvalue weighted by molar-refractivity contribution is 14.1. The van der Waals surface area contributed by atoms with Gasteiger partial charge in [0.1, 0.15) is 5.82 Å². The molecule has 0 aliphatic carbocycles. The summed E-state index contributed by atoms with van der Waals surface area (Å²) >= 11 is 2.22. The highest BCUT2D eigenvalue weighted by atomic mass is 127. The van der Waals surface area contributed by atoms with Gasteiger partial charge in [0, 0.05) is 20.3 Å². The molecule has 5 heteroatoms. The predicted molar refractivity (Wildman–Crippen MR) is 98.3 cm³/mol. The molecule has 0 saturated carbocycles. The fourth-order valence-corrected chi connectivity index (χ4v) is 3.12. The zero-order valence-corrected chi connectivity index (χ0v) is 14.8. The first kappa shape index (κ1) is 15.9. The average Bonchev–Trinajstić information content (AvgIpc) is 2.49. The van der Waals surface area contributed by atoms with Gasteiger partial charge in [-0.3, -0.25) is 9.78 Å². The van der Waals surface area contributed by atoms with Crippen LogP contribution in [-0.4, -0.2) is 10.9 Å². The molecule has 116 valence electrons. The zero-order valence-electron chi connectivity index (χ0n) is 12.7. The number of pyridine rings is 1. The number of anilines is 1. The summed E-state index contributed by atoms with van der Waals surface area (Å²) in [5.41, 5.74) is 3.47. The lowest BCUT2D eigenvalue weighted by Crippen LogP contribution is -2.14. The van der Waals surface area contributed by atoms with Crippen molar-refractivity contribution >= 4 is 45.1 Å². The van der Waals surface area contributed by atoms with Crippen molar-refractivity contribution in [1.82, 2.24) is 4.98 Å². The average molecular weight is 420 g/mol. The number of amides is 1. The molecule has 0 saturated heterocycles. The van der Waals surface area contributed by atoms with Crippen molar-refractivity contribution in [3.63, 3.8) is 0 Å². The normalized spacial score (nSPS) is 10.8. The fourth-order valence-electron chi connectivity index (χ4n) is 2.48. The first-order valence-electron chi connectivity index (χ1n) is 7.08. The molecule has 0 bridgehead atoms. The Balaban J connectivity index is 2.05. The molecule has 0 radical (unpaired) electrons. The summed E-state index contributed by atoms with van der Waals surface area (Å²) in [5, 5.41) is 3.41. The Morgan fingerprint density at radius 1 is 1.13 bits per heavy atom. The maximum absolute atomic E-state index is 13.6. The zero-order chi connectivity index (χ0) is 16.6. The van der Waals surface area contributed by atoms with Gasteiger partial charge >= 0.3 is 0 Å². The number of rotatable bonds is 2. The highest BCUT2D eigenvalue weighted by Gasteiger charge is 2.14. The maximum Gasteiger partial charge on any atom is 0.256 e. The molecule has 0 fully saturated rings. The third-order valence-electron chi connectivity index (χ3n) is 3.58. The van der Waals surface area contributed by atoms with E-state index in [0.29, 0.717) is 22.2 Å². The maximum atomic E-state index is 13.6. The van der Waals surface area contributed by atoms with Crippen molar-refractivity contribution in [2.24, 2.45) is 0 Å². The second kappa shape index (κ2) is 6.23. The van der Waals surface area contributed by atoms with Gasteiger partial charge in [0.25, 0.3) is 5.91 Å². The van der Waals surface area contributed by atoms with Crippen molar-refractivity contribution in [2.75, 3.05) is 5.32 Å². The van der Waals surface area contributed by atoms with E-state index in [4.69, 9.17) is 0 Å². The fraction of sp³-hybridized carbons (Fsp3) is 0.111. The standard InChI is InChI=1S/C18H14FIN2O/c1-10-7-13(20)4-6-16(10)22-18(23)15-8-11(2)21-17-5-3-12(19)9-14(15)17/h3-9H,1-2H3,(H,22,23). The van der Waals surface area contributed by atoms with Gasteiger partial charge in [0.2, 0.25) is 0 Å². The molecule has 23 heavy (non-hydrogen) atoms. The Bertz CT molecular complexity index is 924. The van der Waals surface area contributed by atoms with Crippen LogP contribution in [0.3, 0.4) is 0 Å². The molecule has 0 atom stereocenters. The largest absolute Gasteiger partial charge is 0.322 e. The Morgan fingerprint density at radius 2 is 1.91 bits per heavy atom. The molecule has 0 aliphatic heterocycles. The SMILES string of the molecule is Cc1cc(C(=O)Nc2ccc(I)cc2C)c2cc(F)ccc2n1. The van der Waals surface area contributed by atoms with E-state index in [9.17, 15) is 9.18 Å². The molecule has 3 aromatic rings. The van der Waals surface area contributed by atoms with Gasteiger partial charge in [0.05, 0.1) is 11.1 Å². The molecule has 0 aliphatic rings. The molecule has 1 amide bonds. The summed E-state index contributed by atoms with van der Waals surface area (Å²) in [7, 11) is 0. The van der Waals surface area contributed by atoms with E-state index in [2.05, 4.69) is 32.9 Å². The quantitative estimate of drug-likeness (QED) is 0.603. The number of nitrogens with one attached hydrogen (secondary N) is 1. The second-order valence-electron chi connectivity index (χ2n) is 5.39. The molecule has 1 heterocycles. The van der Waals surface area contributed by atoms with Crippen LogP contribution in [0.1, 0.15) is 21.6 Å². The van der Waals surface area contributed by atoms with Gasteiger partial charge in [-0.05, 0) is 84.5 Å². The minimum atomic E-state index is -0.386. The monoisotopic (exact) mass is 420 g/mol. The number of carbonyl (C=O) groups is 1. The molecule has 0 spiro atoms. The lowest BCUT2D eigenvalue weighted by atomic mass is 10.1. The Hall–Kier alpha value is -2.02. The minimum Gasteiger partial charge on any atom is -0.322 e. The van der Waals surface area contributed by atoms with Gasteiger partial charge in [-0.25, -0.2) is 4.39 Å². The van der Waals surface area contributed by atoms with E-state index in [1.165, 1.54) is 12.1 Å². The molecule has 3 nitrogen and oxygen atoms in total. The van der Waals surface area contributed by atoms with Gasteiger partial charge < -0.3 is 5.32 Å². The van der Waals surface area contributed by atoms with E-state index in [1.807, 2.05) is 32.0 Å². The molecule has 2 aromatic carbocycles. The van der Waals surface area contributed by atoms with Crippen molar-refractivity contribution in [3.05, 3.63) is 68.7 Å². The van der Waals surface area contributed by atoms with Gasteiger partial charge in [0.15, 0.2) is 0 Å². The number of nitrogens with zero attached hydrogens (tertiary/aromatic N) is 1. The molecular weight excluding hydrogens is 406 g/mol. The van der Waals surface area contributed by atoms with Crippen LogP contribution in [0.4, 0.5) is 10.1 Å². The second-order valence-corrected chi connectivity index (χ2v) is 6.63. The number of benzene rings is 2. The summed E-state index contributed by atoms with van der Waals surface area (Å²) in [6, 6.07) is 11.7. The first-order valence-corrected chi connectivity index (χ1v) is 8.16. The number of aromatic nitrogens is 1. The summed E-state index contributed by atoms with van der Waals surface area (Å²) in [6.07, 6.45) is 0. The van der Waals surface area contributed by atoms with E-state index < -0.39 is 0 Å². The topological polar surface area (TPSA) is 42.0 Å². The smallest absolute Gasteiger partial charge is 0.256 e. The van der Waals surface area contributed by atoms with Crippen LogP contribution in [0.25, 0.3) is 10.9 Å². The number of hydrogen-bond donors (Lipinski definition) is 1. The Morgan fingerprint density at radius 3 is 2.65 bits per heavy atom. The van der Waals surface area contributed by atoms with Crippen molar-refractivity contribution in [3.8, 4) is 0 Å². The van der Waals surface area contributed by atoms with Gasteiger partial charge in [-0.2, -0.15) is 0 Å². The number of carbonyl (C=O) groups excluding carboxylic acids is 1. The number of hydrogen-bond acceptors (Lipinski definition) is 2. The molecule has 1 N–H and O–H groups in total. The Kier molecular flexibility index (Phi) is 4.30. The Labute approximate surface area is 147 Å². The lowest BCUT2D eigenvalue weighted by molar-refractivity contribution is 0.102. The summed E-state index contributed by atoms with van der Waals surface area (Å²) in [5.74, 6) is -0.655. The number of fused-ring (bicyclic) bond motifs is 1. The summed E-state index contributed by atoms with van der Waals surface area (Å²) < 4.78 is 14.7. The molecular formula is C18H14FIN2O. The van der Waals surface area contributed by atoms with E-state index in [0.717, 1.165) is 14.8 Å². The molecule has 0 unspecified atom stereocenters. The van der Waals surface area contributed by atoms with Crippen molar-refractivity contribution in [2.45, 2.75) is 13.8 Å². The molecule has 3 rings (SSSR count). The third kappa shape index (κ3) is 3.34. The van der Waals surface area contributed by atoms with E-state index in [-0.39, 0.29) is 11.7 Å². The van der Waals surface area contributed by atoms with Crippen LogP contribution in [-0.2, 0) is 0 Å². The molecule has 1 aromatic heterocycles. The van der Waals surface area contributed by atoms with Crippen LogP contribution in [0, 0.1) is 23.2 Å². The van der Waals surface area contributed by atoms with Crippen LogP contribution < -0.4 is 5.32 Å². The number of halogens is 2. The lowest BCUT2D eigenvalue weighted by Gasteiger charge is -2.11. The van der Waals surface area contributed by atoms with Crippen LogP contribution >= 0.6 is 22.6 Å². The minimum absolute atomic E-state index is 0.268. The summed E-state index contributed by atoms with van der Waals surface area (Å²) in [6.45, 7) is 3.75. The van der Waals surface area contributed by atoms with Crippen molar-refractivity contribution in [1.29, 1.82) is 0 Å². The van der Waals surface area contributed by atoms with Crippen LogP contribution in [0.15, 0.2) is 42.5 Å². The summed E-state index contributed by atoms with van der Waals surface area (Å²) in [4.78, 5) is 17.0. The van der Waals surface area contributed by atoms with Gasteiger partial charge in [-0.1, -0.05) is 0 Å². The van der Waals surface area contributed by atoms with Gasteiger partial charge in [-0.15, -0.1) is 0 Å².